The lowest BCUT2D eigenvalue weighted by molar-refractivity contribution is -0.137. The predicted octanol–water partition coefficient (Wildman–Crippen LogP) is 1.76. The molecule has 0 heterocycles. The number of carboxylic acid groups (broad SMARTS) is 1. The van der Waals surface area contributed by atoms with E-state index in [2.05, 4.69) is 5.32 Å². The highest BCUT2D eigenvalue weighted by Crippen LogP contribution is 2.35. The number of methoxy groups -OCH3 is 2. The summed E-state index contributed by atoms with van der Waals surface area (Å²) in [4.78, 5) is 23.5. The minimum Gasteiger partial charge on any atom is -0.493 e. The van der Waals surface area contributed by atoms with Gasteiger partial charge in [0.1, 0.15) is 0 Å². The summed E-state index contributed by atoms with van der Waals surface area (Å²) in [5.74, 6) is -0.360. The number of carboxylic acids is 1. The molecule has 1 amide bonds. The number of hydrogen-bond acceptors (Lipinski definition) is 5. The summed E-state index contributed by atoms with van der Waals surface area (Å²) in [7, 11) is 3.03. The van der Waals surface area contributed by atoms with Crippen LogP contribution in [0.25, 0.3) is 0 Å². The third kappa shape index (κ3) is 4.38. The molecule has 0 aromatic heterocycles. The zero-order valence-electron chi connectivity index (χ0n) is 14.1. The Bertz CT molecular complexity index is 603. The molecule has 0 saturated heterocycles. The van der Waals surface area contributed by atoms with E-state index in [-0.39, 0.29) is 24.3 Å². The summed E-state index contributed by atoms with van der Waals surface area (Å²) in [6, 6.07) is 4.45. The van der Waals surface area contributed by atoms with Crippen LogP contribution < -0.4 is 14.8 Å². The van der Waals surface area contributed by atoms with Crippen LogP contribution in [0.2, 0.25) is 0 Å². The quantitative estimate of drug-likeness (QED) is 0.713. The molecule has 1 saturated carbocycles. The van der Waals surface area contributed by atoms with E-state index in [1.807, 2.05) is 6.92 Å². The molecule has 24 heavy (non-hydrogen) atoms. The fourth-order valence-electron chi connectivity index (χ4n) is 2.62. The first-order chi connectivity index (χ1) is 11.5. The van der Waals surface area contributed by atoms with E-state index >= 15 is 0 Å². The molecule has 1 aliphatic carbocycles. The van der Waals surface area contributed by atoms with Crippen LogP contribution in [0.4, 0.5) is 0 Å². The van der Waals surface area contributed by atoms with Gasteiger partial charge in [-0.15, -0.1) is 0 Å². The minimum absolute atomic E-state index is 0.0640. The largest absolute Gasteiger partial charge is 0.493 e. The van der Waals surface area contributed by atoms with Gasteiger partial charge in [-0.05, 0) is 31.0 Å². The smallest absolute Gasteiger partial charge is 0.305 e. The number of benzene rings is 1. The highest BCUT2D eigenvalue weighted by molar-refractivity contribution is 5.83. The van der Waals surface area contributed by atoms with Gasteiger partial charge in [-0.25, -0.2) is 0 Å². The highest BCUT2D eigenvalue weighted by atomic mass is 16.5. The molecule has 7 nitrogen and oxygen atoms in total. The lowest BCUT2D eigenvalue weighted by Gasteiger charge is -2.19. The Balaban J connectivity index is 2.13. The number of carbonyl (C=O) groups is 2. The van der Waals surface area contributed by atoms with Crippen molar-refractivity contribution in [3.05, 3.63) is 23.8 Å². The lowest BCUT2D eigenvalue weighted by Crippen LogP contribution is -2.32. The van der Waals surface area contributed by atoms with Crippen molar-refractivity contribution in [2.24, 2.45) is 5.92 Å². The maximum Gasteiger partial charge on any atom is 0.305 e. The Hall–Kier alpha value is -2.28. The van der Waals surface area contributed by atoms with E-state index in [0.29, 0.717) is 30.1 Å². The van der Waals surface area contributed by atoms with Crippen LogP contribution in [0.15, 0.2) is 18.2 Å². The van der Waals surface area contributed by atoms with Gasteiger partial charge in [0.25, 0.3) is 0 Å². The number of amides is 1. The molecule has 1 aliphatic rings. The summed E-state index contributed by atoms with van der Waals surface area (Å²) < 4.78 is 15.8. The first-order valence-electron chi connectivity index (χ1n) is 7.85. The summed E-state index contributed by atoms with van der Waals surface area (Å²) >= 11 is 0. The standard InChI is InChI=1S/C17H23NO6/c1-4-24-14-8-11(14)17(21)18-12(9-16(19)20)10-5-6-13(22-2)15(7-10)23-3/h5-7,11-12,14H,4,8-9H2,1-3H3,(H,18,21)(H,19,20)/t11-,12+,14+/m0/s1. The van der Waals surface area contributed by atoms with Crippen molar-refractivity contribution in [2.45, 2.75) is 31.9 Å². The number of hydrogen-bond donors (Lipinski definition) is 2. The number of nitrogens with one attached hydrogen (secondary N) is 1. The van der Waals surface area contributed by atoms with Crippen LogP contribution in [-0.2, 0) is 14.3 Å². The summed E-state index contributed by atoms with van der Waals surface area (Å²) in [5, 5.41) is 12.0. The Labute approximate surface area is 140 Å². The van der Waals surface area contributed by atoms with Gasteiger partial charge < -0.3 is 24.6 Å². The van der Waals surface area contributed by atoms with Crippen molar-refractivity contribution in [3.63, 3.8) is 0 Å². The zero-order chi connectivity index (χ0) is 17.7. The maximum atomic E-state index is 12.3. The van der Waals surface area contributed by atoms with E-state index in [4.69, 9.17) is 19.3 Å². The van der Waals surface area contributed by atoms with Crippen LogP contribution in [-0.4, -0.2) is 43.9 Å². The summed E-state index contributed by atoms with van der Waals surface area (Å²) in [5.41, 5.74) is 0.650. The van der Waals surface area contributed by atoms with Gasteiger partial charge in [0.15, 0.2) is 11.5 Å². The Morgan fingerprint density at radius 3 is 2.58 bits per heavy atom. The molecule has 0 radical (unpaired) electrons. The van der Waals surface area contributed by atoms with Crippen molar-refractivity contribution in [2.75, 3.05) is 20.8 Å². The Kier molecular flexibility index (Phi) is 6.03. The number of carbonyl (C=O) groups excluding carboxylic acids is 1. The van der Waals surface area contributed by atoms with E-state index in [9.17, 15) is 9.59 Å². The van der Waals surface area contributed by atoms with Crippen molar-refractivity contribution >= 4 is 11.9 Å². The molecule has 2 N–H and O–H groups in total. The molecule has 3 atom stereocenters. The van der Waals surface area contributed by atoms with Crippen LogP contribution in [0.3, 0.4) is 0 Å². The van der Waals surface area contributed by atoms with Crippen molar-refractivity contribution in [3.8, 4) is 11.5 Å². The van der Waals surface area contributed by atoms with Gasteiger partial charge in [0, 0.05) is 6.61 Å². The molecule has 0 bridgehead atoms. The molecule has 1 fully saturated rings. The first-order valence-corrected chi connectivity index (χ1v) is 7.85. The maximum absolute atomic E-state index is 12.3. The zero-order valence-corrected chi connectivity index (χ0v) is 14.1. The molecule has 7 heteroatoms. The van der Waals surface area contributed by atoms with Crippen molar-refractivity contribution in [1.82, 2.24) is 5.32 Å². The minimum atomic E-state index is -0.993. The van der Waals surface area contributed by atoms with Crippen molar-refractivity contribution in [1.29, 1.82) is 0 Å². The second kappa shape index (κ2) is 8.01. The number of rotatable bonds is 9. The van der Waals surface area contributed by atoms with Gasteiger partial charge >= 0.3 is 5.97 Å². The Morgan fingerprint density at radius 2 is 2.00 bits per heavy atom. The molecular formula is C17H23NO6. The molecule has 0 unspecified atom stereocenters. The third-order valence-corrected chi connectivity index (χ3v) is 3.95. The van der Waals surface area contributed by atoms with Gasteiger partial charge in [0.05, 0.1) is 38.7 Å². The van der Waals surface area contributed by atoms with Crippen LogP contribution in [0.5, 0.6) is 11.5 Å². The van der Waals surface area contributed by atoms with E-state index in [1.54, 1.807) is 18.2 Å². The average Bonchev–Trinajstić information content (AvgIpc) is 3.33. The second-order valence-electron chi connectivity index (χ2n) is 5.61. The van der Waals surface area contributed by atoms with Crippen LogP contribution in [0, 0.1) is 5.92 Å². The third-order valence-electron chi connectivity index (χ3n) is 3.95. The molecule has 0 spiro atoms. The summed E-state index contributed by atoms with van der Waals surface area (Å²) in [6.07, 6.45) is 0.393. The molecular weight excluding hydrogens is 314 g/mol. The van der Waals surface area contributed by atoms with E-state index in [0.717, 1.165) is 0 Å². The fourth-order valence-corrected chi connectivity index (χ4v) is 2.62. The van der Waals surface area contributed by atoms with E-state index < -0.39 is 12.0 Å². The topological polar surface area (TPSA) is 94.1 Å². The molecule has 1 aromatic rings. The number of aliphatic carboxylic acids is 1. The van der Waals surface area contributed by atoms with E-state index in [1.165, 1.54) is 14.2 Å². The van der Waals surface area contributed by atoms with Crippen molar-refractivity contribution < 1.29 is 28.9 Å². The average molecular weight is 337 g/mol. The van der Waals surface area contributed by atoms with Gasteiger partial charge in [-0.3, -0.25) is 9.59 Å². The first kappa shape index (κ1) is 18.1. The van der Waals surface area contributed by atoms with Gasteiger partial charge in [0.2, 0.25) is 5.91 Å². The van der Waals surface area contributed by atoms with Gasteiger partial charge in [-0.2, -0.15) is 0 Å². The van der Waals surface area contributed by atoms with Crippen LogP contribution >= 0.6 is 0 Å². The molecule has 2 rings (SSSR count). The predicted molar refractivity (Wildman–Crippen MR) is 86.2 cm³/mol. The Morgan fingerprint density at radius 1 is 1.29 bits per heavy atom. The summed E-state index contributed by atoms with van der Waals surface area (Å²) in [6.45, 7) is 2.44. The molecule has 0 aliphatic heterocycles. The van der Waals surface area contributed by atoms with Crippen LogP contribution in [0.1, 0.15) is 31.4 Å². The SMILES string of the molecule is CCO[C@@H]1C[C@@H]1C(=O)N[C@H](CC(=O)O)c1ccc(OC)c(OC)c1. The second-order valence-corrected chi connectivity index (χ2v) is 5.61. The number of ether oxygens (including phenoxy) is 3. The molecule has 132 valence electrons. The normalized spacial score (nSPS) is 20.1. The molecule has 1 aromatic carbocycles. The monoisotopic (exact) mass is 337 g/mol. The highest BCUT2D eigenvalue weighted by Gasteiger charge is 2.44. The van der Waals surface area contributed by atoms with Gasteiger partial charge in [-0.1, -0.05) is 6.07 Å². The lowest BCUT2D eigenvalue weighted by atomic mass is 10.0. The fraction of sp³-hybridized carbons (Fsp3) is 0.529.